The number of pyridine rings is 1. The number of carbonyl (C=O) groups excluding carboxylic acids is 2. The topological polar surface area (TPSA) is 67.3 Å². The number of unbranched alkanes of at least 4 members (excludes halogenated alkanes) is 12. The number of ketones is 2. The number of fused-ring (bicyclic) bond motifs is 1. The molecule has 0 radical (unpaired) electrons. The first-order valence-corrected chi connectivity index (χ1v) is 12.3. The molecule has 0 saturated heterocycles. The van der Waals surface area contributed by atoms with Crippen molar-refractivity contribution in [3.8, 4) is 0 Å². The fourth-order valence-corrected chi connectivity index (χ4v) is 4.66. The average Bonchev–Trinajstić information content (AvgIpc) is 2.74. The van der Waals surface area contributed by atoms with Gasteiger partial charge in [-0.25, -0.2) is 0 Å². The minimum Gasteiger partial charge on any atom is -0.504 e. The van der Waals surface area contributed by atoms with Crippen LogP contribution in [0.3, 0.4) is 0 Å². The molecule has 160 valence electrons. The number of hydrogen-bond donors (Lipinski definition) is 1. The van der Waals surface area contributed by atoms with Crippen LogP contribution in [-0.2, 0) is 4.79 Å². The monoisotopic (exact) mass is 417 g/mol. The van der Waals surface area contributed by atoms with Gasteiger partial charge in [-0.05, 0) is 24.3 Å². The number of aliphatic hydroxyl groups is 1. The molecule has 0 unspecified atom stereocenters. The third kappa shape index (κ3) is 7.61. The van der Waals surface area contributed by atoms with Crippen molar-refractivity contribution in [3.63, 3.8) is 0 Å². The van der Waals surface area contributed by atoms with Gasteiger partial charge in [0.2, 0.25) is 11.6 Å². The number of nitrogens with zero attached hydrogens (tertiary/aromatic N) is 1. The third-order valence-electron chi connectivity index (χ3n) is 5.40. The second kappa shape index (κ2) is 13.6. The van der Waals surface area contributed by atoms with Gasteiger partial charge in [-0.3, -0.25) is 14.6 Å². The number of thioether (sulfide) groups is 1. The van der Waals surface area contributed by atoms with Crippen molar-refractivity contribution < 1.29 is 14.7 Å². The molecular weight excluding hydrogens is 382 g/mol. The fraction of sp³-hybridized carbons (Fsp3) is 0.625. The van der Waals surface area contributed by atoms with E-state index in [1.54, 1.807) is 6.07 Å². The molecule has 2 rings (SSSR count). The molecule has 0 aromatic carbocycles. The first-order valence-electron chi connectivity index (χ1n) is 11.3. The van der Waals surface area contributed by atoms with E-state index in [0.717, 1.165) is 18.6 Å². The lowest BCUT2D eigenvalue weighted by Gasteiger charge is -2.16. The van der Waals surface area contributed by atoms with E-state index in [-0.39, 0.29) is 21.9 Å². The summed E-state index contributed by atoms with van der Waals surface area (Å²) in [5, 5.41) is 10.3. The molecule has 0 atom stereocenters. The SMILES string of the molecule is CCCCCCCCCCCCCCCSC1=C(O)c2ncccc2C(=O)C1=O. The molecule has 1 aliphatic rings. The van der Waals surface area contributed by atoms with Crippen LogP contribution in [0.1, 0.15) is 106 Å². The Balaban J connectivity index is 1.55. The standard InChI is InChI=1S/C24H35NO3S/c1-2-3-4-5-6-7-8-9-10-11-12-13-14-18-29-24-22(27)20-19(16-15-17-25-20)21(26)23(24)28/h15-17,27H,2-14,18H2,1H3. The van der Waals surface area contributed by atoms with Crippen LogP contribution < -0.4 is 0 Å². The molecule has 0 bridgehead atoms. The van der Waals surface area contributed by atoms with Gasteiger partial charge in [-0.1, -0.05) is 84.0 Å². The zero-order valence-electron chi connectivity index (χ0n) is 17.8. The van der Waals surface area contributed by atoms with E-state index in [4.69, 9.17) is 0 Å². The Morgan fingerprint density at radius 2 is 1.38 bits per heavy atom. The second-order valence-corrected chi connectivity index (χ2v) is 8.93. The summed E-state index contributed by atoms with van der Waals surface area (Å²) in [5.74, 6) is -0.593. The molecule has 29 heavy (non-hydrogen) atoms. The highest BCUT2D eigenvalue weighted by molar-refractivity contribution is 8.04. The van der Waals surface area contributed by atoms with Crippen molar-refractivity contribution in [2.45, 2.75) is 90.4 Å². The van der Waals surface area contributed by atoms with Crippen LogP contribution in [0.25, 0.3) is 5.76 Å². The number of hydrogen-bond acceptors (Lipinski definition) is 5. The molecule has 0 spiro atoms. The Bertz CT molecular complexity index is 699. The summed E-state index contributed by atoms with van der Waals surface area (Å²) in [4.78, 5) is 28.6. The average molecular weight is 418 g/mol. The number of aliphatic hydroxyl groups excluding tert-OH is 1. The Kier molecular flexibility index (Phi) is 11.1. The molecule has 0 fully saturated rings. The summed E-state index contributed by atoms with van der Waals surface area (Å²) in [6.07, 6.45) is 18.4. The number of Topliss-reactive ketones (excluding diaryl/α,β-unsaturated/α-hetero) is 2. The van der Waals surface area contributed by atoms with E-state index in [9.17, 15) is 14.7 Å². The lowest BCUT2D eigenvalue weighted by molar-refractivity contribution is -0.111. The van der Waals surface area contributed by atoms with Gasteiger partial charge in [0.25, 0.3) is 0 Å². The van der Waals surface area contributed by atoms with E-state index in [2.05, 4.69) is 11.9 Å². The lowest BCUT2D eigenvalue weighted by atomic mass is 9.98. The second-order valence-electron chi connectivity index (χ2n) is 7.83. The molecule has 0 saturated carbocycles. The zero-order valence-corrected chi connectivity index (χ0v) is 18.6. The van der Waals surface area contributed by atoms with E-state index in [1.807, 2.05) is 0 Å². The predicted octanol–water partition coefficient (Wildman–Crippen LogP) is 6.90. The van der Waals surface area contributed by atoms with Crippen molar-refractivity contribution in [2.75, 3.05) is 5.75 Å². The summed E-state index contributed by atoms with van der Waals surface area (Å²) in [6, 6.07) is 3.13. The lowest BCUT2D eigenvalue weighted by Crippen LogP contribution is -2.23. The van der Waals surface area contributed by atoms with Gasteiger partial charge < -0.3 is 5.11 Å². The summed E-state index contributed by atoms with van der Waals surface area (Å²) in [5.41, 5.74) is 0.422. The smallest absolute Gasteiger partial charge is 0.243 e. The molecule has 1 aromatic rings. The first-order chi connectivity index (χ1) is 14.2. The minimum absolute atomic E-state index is 0.148. The first kappa shape index (κ1) is 23.7. The summed E-state index contributed by atoms with van der Waals surface area (Å²) in [7, 11) is 0. The van der Waals surface area contributed by atoms with E-state index >= 15 is 0 Å². The molecule has 1 heterocycles. The van der Waals surface area contributed by atoms with E-state index in [0.29, 0.717) is 0 Å². The normalized spacial score (nSPS) is 13.8. The van der Waals surface area contributed by atoms with Gasteiger partial charge in [-0.15, -0.1) is 11.8 Å². The highest BCUT2D eigenvalue weighted by atomic mass is 32.2. The number of rotatable bonds is 15. The van der Waals surface area contributed by atoms with Crippen molar-refractivity contribution >= 4 is 29.1 Å². The Hall–Kier alpha value is -1.62. The number of carbonyl (C=O) groups is 2. The van der Waals surface area contributed by atoms with Gasteiger partial charge in [0.1, 0.15) is 10.6 Å². The maximum absolute atomic E-state index is 12.2. The van der Waals surface area contributed by atoms with E-state index in [1.165, 1.54) is 94.7 Å². The Labute approximate surface area is 179 Å². The summed E-state index contributed by atoms with van der Waals surface area (Å²) < 4.78 is 0. The molecular formula is C24H35NO3S. The van der Waals surface area contributed by atoms with Crippen LogP contribution in [0.4, 0.5) is 0 Å². The number of aromatic nitrogens is 1. The van der Waals surface area contributed by atoms with Crippen LogP contribution in [0.5, 0.6) is 0 Å². The van der Waals surface area contributed by atoms with Crippen molar-refractivity contribution in [3.05, 3.63) is 34.5 Å². The molecule has 1 aliphatic carbocycles. The van der Waals surface area contributed by atoms with Crippen LogP contribution in [0.15, 0.2) is 23.2 Å². The van der Waals surface area contributed by atoms with Gasteiger partial charge in [-0.2, -0.15) is 0 Å². The Morgan fingerprint density at radius 1 is 0.828 bits per heavy atom. The molecule has 5 heteroatoms. The van der Waals surface area contributed by atoms with Gasteiger partial charge >= 0.3 is 0 Å². The third-order valence-corrected chi connectivity index (χ3v) is 6.56. The molecule has 4 nitrogen and oxygen atoms in total. The molecule has 0 amide bonds. The quantitative estimate of drug-likeness (QED) is 0.248. The summed E-state index contributed by atoms with van der Waals surface area (Å²) in [6.45, 7) is 2.26. The van der Waals surface area contributed by atoms with Crippen molar-refractivity contribution in [1.82, 2.24) is 4.98 Å². The maximum atomic E-state index is 12.2. The fourth-order valence-electron chi connectivity index (χ4n) is 3.65. The van der Waals surface area contributed by atoms with E-state index < -0.39 is 11.6 Å². The highest BCUT2D eigenvalue weighted by Crippen LogP contribution is 2.33. The van der Waals surface area contributed by atoms with Crippen molar-refractivity contribution in [1.29, 1.82) is 0 Å². The van der Waals surface area contributed by atoms with Gasteiger partial charge in [0.05, 0.1) is 5.56 Å². The largest absolute Gasteiger partial charge is 0.504 e. The Morgan fingerprint density at radius 3 is 1.97 bits per heavy atom. The van der Waals surface area contributed by atoms with Gasteiger partial charge in [0.15, 0.2) is 5.76 Å². The van der Waals surface area contributed by atoms with Gasteiger partial charge in [0, 0.05) is 6.20 Å². The van der Waals surface area contributed by atoms with Crippen molar-refractivity contribution in [2.24, 2.45) is 0 Å². The maximum Gasteiger partial charge on any atom is 0.243 e. The molecule has 1 N–H and O–H groups in total. The number of allylic oxidation sites excluding steroid dienone is 1. The van der Waals surface area contributed by atoms with Crippen LogP contribution >= 0.6 is 11.8 Å². The minimum atomic E-state index is -0.609. The summed E-state index contributed by atoms with van der Waals surface area (Å²) >= 11 is 1.28. The predicted molar refractivity (Wildman–Crippen MR) is 121 cm³/mol. The van der Waals surface area contributed by atoms with Crippen LogP contribution in [0, 0.1) is 0 Å². The van der Waals surface area contributed by atoms with Crippen LogP contribution in [-0.4, -0.2) is 27.4 Å². The highest BCUT2D eigenvalue weighted by Gasteiger charge is 2.33. The molecule has 1 aromatic heterocycles. The molecule has 0 aliphatic heterocycles. The van der Waals surface area contributed by atoms with Crippen LogP contribution in [0.2, 0.25) is 0 Å². The zero-order chi connectivity index (χ0) is 20.9.